The first kappa shape index (κ1) is 14.7. The van der Waals surface area contributed by atoms with E-state index in [1.165, 1.54) is 6.07 Å². The summed E-state index contributed by atoms with van der Waals surface area (Å²) < 4.78 is 48.5. The average Bonchev–Trinajstić information content (AvgIpc) is 3.19. The highest BCUT2D eigenvalue weighted by Crippen LogP contribution is 2.34. The summed E-state index contributed by atoms with van der Waals surface area (Å²) in [5, 5.41) is 0. The van der Waals surface area contributed by atoms with Gasteiger partial charge in [0.05, 0.1) is 24.3 Å². The van der Waals surface area contributed by atoms with Crippen LogP contribution in [0, 0.1) is 5.92 Å². The highest BCUT2D eigenvalue weighted by molar-refractivity contribution is 5.90. The molecule has 0 unspecified atom stereocenters. The highest BCUT2D eigenvalue weighted by atomic mass is 19.4. The number of rotatable bonds is 5. The lowest BCUT2D eigenvalue weighted by Crippen LogP contribution is -2.11. The maximum absolute atomic E-state index is 12.8. The van der Waals surface area contributed by atoms with Crippen LogP contribution in [-0.2, 0) is 10.9 Å². The summed E-state index contributed by atoms with van der Waals surface area (Å²) in [4.78, 5) is 11.6. The summed E-state index contributed by atoms with van der Waals surface area (Å²) in [5.41, 5.74) is -1.05. The zero-order chi connectivity index (χ0) is 14.8. The topological polar surface area (TPSA) is 35.5 Å². The number of hydrogen-bond acceptors (Lipinski definition) is 3. The zero-order valence-electron chi connectivity index (χ0n) is 11.0. The Hall–Kier alpha value is -1.72. The molecule has 1 fully saturated rings. The number of ether oxygens (including phenoxy) is 2. The Kier molecular flexibility index (Phi) is 4.20. The molecule has 2 rings (SSSR count). The van der Waals surface area contributed by atoms with Crippen LogP contribution in [0.1, 0.15) is 35.7 Å². The smallest absolute Gasteiger partial charge is 0.416 e. The predicted octanol–water partition coefficient (Wildman–Crippen LogP) is 3.67. The van der Waals surface area contributed by atoms with E-state index in [1.54, 1.807) is 6.92 Å². The van der Waals surface area contributed by atoms with Crippen molar-refractivity contribution < 1.29 is 27.4 Å². The zero-order valence-corrected chi connectivity index (χ0v) is 11.0. The summed E-state index contributed by atoms with van der Waals surface area (Å²) >= 11 is 0. The molecule has 0 spiro atoms. The van der Waals surface area contributed by atoms with Gasteiger partial charge in [-0.1, -0.05) is 0 Å². The van der Waals surface area contributed by atoms with Gasteiger partial charge in [0.15, 0.2) is 0 Å². The largest absolute Gasteiger partial charge is 0.493 e. The molecular formula is C14H15F3O3. The van der Waals surface area contributed by atoms with E-state index in [0.717, 1.165) is 25.0 Å². The lowest BCUT2D eigenvalue weighted by atomic mass is 10.1. The average molecular weight is 288 g/mol. The molecule has 0 aromatic heterocycles. The summed E-state index contributed by atoms with van der Waals surface area (Å²) in [6.45, 7) is 2.08. The van der Waals surface area contributed by atoms with Crippen molar-refractivity contribution in [1.29, 1.82) is 0 Å². The van der Waals surface area contributed by atoms with Crippen molar-refractivity contribution in [3.63, 3.8) is 0 Å². The van der Waals surface area contributed by atoms with Gasteiger partial charge in [-0.3, -0.25) is 0 Å². The second kappa shape index (κ2) is 5.73. The normalized spacial score (nSPS) is 15.0. The van der Waals surface area contributed by atoms with Crippen LogP contribution in [0.25, 0.3) is 0 Å². The van der Waals surface area contributed by atoms with Crippen molar-refractivity contribution in [2.24, 2.45) is 5.92 Å². The molecular weight excluding hydrogens is 273 g/mol. The van der Waals surface area contributed by atoms with E-state index in [2.05, 4.69) is 0 Å². The van der Waals surface area contributed by atoms with Crippen LogP contribution in [0.3, 0.4) is 0 Å². The van der Waals surface area contributed by atoms with Gasteiger partial charge in [0.1, 0.15) is 5.75 Å². The van der Waals surface area contributed by atoms with Gasteiger partial charge in [-0.15, -0.1) is 0 Å². The molecule has 1 saturated carbocycles. The highest BCUT2D eigenvalue weighted by Gasteiger charge is 2.32. The van der Waals surface area contributed by atoms with Crippen molar-refractivity contribution in [3.8, 4) is 5.75 Å². The number of hydrogen-bond donors (Lipinski definition) is 0. The maximum Gasteiger partial charge on any atom is 0.416 e. The van der Waals surface area contributed by atoms with E-state index in [-0.39, 0.29) is 17.9 Å². The molecule has 6 heteroatoms. The number of halogens is 3. The standard InChI is InChI=1S/C14H15F3O3/c1-2-19-13(18)10-5-11(14(15,16)17)7-12(6-10)20-8-9-3-4-9/h5-7,9H,2-4,8H2,1H3. The van der Waals surface area contributed by atoms with Crippen LogP contribution in [0.5, 0.6) is 5.75 Å². The third kappa shape index (κ3) is 3.88. The molecule has 0 bridgehead atoms. The van der Waals surface area contributed by atoms with Gasteiger partial charge in [0, 0.05) is 0 Å². The van der Waals surface area contributed by atoms with Gasteiger partial charge in [-0.25, -0.2) is 4.79 Å². The number of carbonyl (C=O) groups is 1. The molecule has 0 amide bonds. The Bertz CT molecular complexity index is 493. The summed E-state index contributed by atoms with van der Waals surface area (Å²) in [6.07, 6.45) is -2.46. The molecule has 0 N–H and O–H groups in total. The molecule has 0 aliphatic heterocycles. The maximum atomic E-state index is 12.8. The predicted molar refractivity (Wildman–Crippen MR) is 65.6 cm³/mol. The van der Waals surface area contributed by atoms with Crippen LogP contribution in [0.2, 0.25) is 0 Å². The number of alkyl halides is 3. The number of carbonyl (C=O) groups excluding carboxylic acids is 1. The minimum absolute atomic E-state index is 0.0507. The Morgan fingerprint density at radius 1 is 1.30 bits per heavy atom. The molecule has 1 aromatic rings. The van der Waals surface area contributed by atoms with Gasteiger partial charge in [-0.2, -0.15) is 13.2 Å². The fraction of sp³-hybridized carbons (Fsp3) is 0.500. The van der Waals surface area contributed by atoms with E-state index >= 15 is 0 Å². The van der Waals surface area contributed by atoms with Gasteiger partial charge in [0.2, 0.25) is 0 Å². The van der Waals surface area contributed by atoms with Crippen molar-refractivity contribution in [2.75, 3.05) is 13.2 Å². The molecule has 3 nitrogen and oxygen atoms in total. The molecule has 0 atom stereocenters. The second-order valence-electron chi connectivity index (χ2n) is 4.72. The SMILES string of the molecule is CCOC(=O)c1cc(OCC2CC2)cc(C(F)(F)F)c1. The molecule has 0 heterocycles. The van der Waals surface area contributed by atoms with Crippen LogP contribution in [-0.4, -0.2) is 19.2 Å². The molecule has 1 aliphatic carbocycles. The van der Waals surface area contributed by atoms with Crippen molar-refractivity contribution in [1.82, 2.24) is 0 Å². The molecule has 1 aliphatic rings. The Morgan fingerprint density at radius 3 is 2.55 bits per heavy atom. The van der Waals surface area contributed by atoms with Gasteiger partial charge >= 0.3 is 12.1 Å². The van der Waals surface area contributed by atoms with Gasteiger partial charge in [-0.05, 0) is 43.9 Å². The van der Waals surface area contributed by atoms with Crippen molar-refractivity contribution in [2.45, 2.75) is 25.9 Å². The van der Waals surface area contributed by atoms with Crippen molar-refractivity contribution in [3.05, 3.63) is 29.3 Å². The summed E-state index contributed by atoms with van der Waals surface area (Å²) in [7, 11) is 0. The van der Waals surface area contributed by atoms with E-state index < -0.39 is 17.7 Å². The molecule has 20 heavy (non-hydrogen) atoms. The van der Waals surface area contributed by atoms with Crippen LogP contribution in [0.15, 0.2) is 18.2 Å². The molecule has 1 aromatic carbocycles. The fourth-order valence-electron chi connectivity index (χ4n) is 1.68. The number of benzene rings is 1. The minimum Gasteiger partial charge on any atom is -0.493 e. The Labute approximate surface area is 114 Å². The summed E-state index contributed by atoms with van der Waals surface area (Å²) in [5.74, 6) is -0.319. The fourth-order valence-corrected chi connectivity index (χ4v) is 1.68. The first-order valence-electron chi connectivity index (χ1n) is 6.42. The van der Waals surface area contributed by atoms with E-state index in [1.807, 2.05) is 0 Å². The van der Waals surface area contributed by atoms with Gasteiger partial charge < -0.3 is 9.47 Å². The molecule has 110 valence electrons. The van der Waals surface area contributed by atoms with Gasteiger partial charge in [0.25, 0.3) is 0 Å². The first-order chi connectivity index (χ1) is 9.40. The van der Waals surface area contributed by atoms with Crippen molar-refractivity contribution >= 4 is 5.97 Å². The quantitative estimate of drug-likeness (QED) is 0.775. The van der Waals surface area contributed by atoms with Crippen LogP contribution < -0.4 is 4.74 Å². The second-order valence-corrected chi connectivity index (χ2v) is 4.72. The van der Waals surface area contributed by atoms with Crippen LogP contribution in [0.4, 0.5) is 13.2 Å². The molecule has 0 saturated heterocycles. The summed E-state index contributed by atoms with van der Waals surface area (Å²) in [6, 6.07) is 2.97. The lowest BCUT2D eigenvalue weighted by Gasteiger charge is -2.12. The van der Waals surface area contributed by atoms with E-state index in [9.17, 15) is 18.0 Å². The first-order valence-corrected chi connectivity index (χ1v) is 6.42. The third-order valence-electron chi connectivity index (χ3n) is 2.93. The Balaban J connectivity index is 2.24. The minimum atomic E-state index is -4.53. The van der Waals surface area contributed by atoms with E-state index in [0.29, 0.717) is 12.5 Å². The number of esters is 1. The van der Waals surface area contributed by atoms with Crippen LogP contribution >= 0.6 is 0 Å². The lowest BCUT2D eigenvalue weighted by molar-refractivity contribution is -0.137. The monoisotopic (exact) mass is 288 g/mol. The molecule has 0 radical (unpaired) electrons. The van der Waals surface area contributed by atoms with E-state index in [4.69, 9.17) is 9.47 Å². The third-order valence-corrected chi connectivity index (χ3v) is 2.93. The Morgan fingerprint density at radius 2 is 2.00 bits per heavy atom.